The molecule has 1 aliphatic rings. The molecule has 0 radical (unpaired) electrons. The first kappa shape index (κ1) is 15.2. The maximum absolute atomic E-state index is 5.12. The van der Waals surface area contributed by atoms with E-state index in [2.05, 4.69) is 25.7 Å². The lowest BCUT2D eigenvalue weighted by atomic mass is 10.2. The van der Waals surface area contributed by atoms with Crippen LogP contribution in [0.15, 0.2) is 4.52 Å². The first-order chi connectivity index (χ1) is 8.25. The van der Waals surface area contributed by atoms with Crippen molar-refractivity contribution in [3.05, 3.63) is 5.89 Å². The Kier molecular flexibility index (Phi) is 6.38. The maximum atomic E-state index is 5.12. The summed E-state index contributed by atoms with van der Waals surface area (Å²) in [7, 11) is 0. The van der Waals surface area contributed by atoms with E-state index in [1.165, 1.54) is 0 Å². The molecule has 0 aliphatic carbocycles. The summed E-state index contributed by atoms with van der Waals surface area (Å²) in [5, 5.41) is 10.4. The van der Waals surface area contributed by atoms with Gasteiger partial charge in [-0.15, -0.1) is 12.4 Å². The molecule has 1 saturated heterocycles. The maximum Gasteiger partial charge on any atom is 0.263 e. The van der Waals surface area contributed by atoms with Crippen molar-refractivity contribution in [2.75, 3.05) is 44.6 Å². The molecule has 0 aromatic carbocycles. The van der Waals surface area contributed by atoms with Gasteiger partial charge in [-0.25, -0.2) is 0 Å². The van der Waals surface area contributed by atoms with Gasteiger partial charge in [0.1, 0.15) is 0 Å². The van der Waals surface area contributed by atoms with Gasteiger partial charge >= 0.3 is 0 Å². The molecule has 1 fully saturated rings. The van der Waals surface area contributed by atoms with Crippen molar-refractivity contribution in [1.82, 2.24) is 20.4 Å². The van der Waals surface area contributed by atoms with Crippen molar-refractivity contribution in [3.63, 3.8) is 0 Å². The standard InChI is InChI=1S/C11H21N5O.ClH/c1-9(2)10-14-11(15-17-10)13-5-8-16-6-3-12-4-7-16;/h9,12H,3-8H2,1-2H3,(H,13,15);1H. The highest BCUT2D eigenvalue weighted by Gasteiger charge is 2.11. The number of aromatic nitrogens is 2. The Morgan fingerprint density at radius 1 is 1.39 bits per heavy atom. The Bertz CT molecular complexity index is 338. The van der Waals surface area contributed by atoms with Gasteiger partial charge < -0.3 is 15.2 Å². The SMILES string of the molecule is CC(C)c1nc(NCCN2CCNCC2)no1.Cl. The van der Waals surface area contributed by atoms with Crippen molar-refractivity contribution >= 4 is 18.4 Å². The topological polar surface area (TPSA) is 66.2 Å². The minimum absolute atomic E-state index is 0. The van der Waals surface area contributed by atoms with Crippen LogP contribution in [0.2, 0.25) is 0 Å². The van der Waals surface area contributed by atoms with Gasteiger partial charge in [-0.1, -0.05) is 13.8 Å². The normalized spacial score (nSPS) is 16.6. The number of hydrogen-bond acceptors (Lipinski definition) is 6. The van der Waals surface area contributed by atoms with E-state index in [4.69, 9.17) is 4.52 Å². The molecule has 1 aromatic rings. The predicted molar refractivity (Wildman–Crippen MR) is 73.4 cm³/mol. The molecule has 0 saturated carbocycles. The summed E-state index contributed by atoms with van der Waals surface area (Å²) in [4.78, 5) is 6.70. The van der Waals surface area contributed by atoms with E-state index in [-0.39, 0.29) is 18.3 Å². The molecule has 0 unspecified atom stereocenters. The monoisotopic (exact) mass is 275 g/mol. The molecule has 6 nitrogen and oxygen atoms in total. The minimum atomic E-state index is 0. The average molecular weight is 276 g/mol. The summed E-state index contributed by atoms with van der Waals surface area (Å²) < 4.78 is 5.12. The van der Waals surface area contributed by atoms with Crippen molar-refractivity contribution in [2.45, 2.75) is 19.8 Å². The van der Waals surface area contributed by atoms with Crippen LogP contribution in [0, 0.1) is 0 Å². The van der Waals surface area contributed by atoms with E-state index in [0.717, 1.165) is 39.3 Å². The Morgan fingerprint density at radius 2 is 2.11 bits per heavy atom. The molecule has 2 rings (SSSR count). The Morgan fingerprint density at radius 3 is 2.72 bits per heavy atom. The van der Waals surface area contributed by atoms with Gasteiger partial charge in [0.2, 0.25) is 5.89 Å². The fourth-order valence-corrected chi connectivity index (χ4v) is 1.80. The third-order valence-electron chi connectivity index (χ3n) is 2.86. The Labute approximate surface area is 114 Å². The number of rotatable bonds is 5. The molecule has 104 valence electrons. The van der Waals surface area contributed by atoms with Gasteiger partial charge in [-0.05, 0) is 5.16 Å². The van der Waals surface area contributed by atoms with E-state index < -0.39 is 0 Å². The van der Waals surface area contributed by atoms with E-state index >= 15 is 0 Å². The first-order valence-electron chi connectivity index (χ1n) is 6.26. The van der Waals surface area contributed by atoms with Crippen LogP contribution < -0.4 is 10.6 Å². The molecule has 2 heterocycles. The summed E-state index contributed by atoms with van der Waals surface area (Å²) in [6.07, 6.45) is 0. The summed E-state index contributed by atoms with van der Waals surface area (Å²) in [5.74, 6) is 1.57. The lowest BCUT2D eigenvalue weighted by Gasteiger charge is -2.26. The van der Waals surface area contributed by atoms with Gasteiger partial charge in [-0.3, -0.25) is 4.90 Å². The predicted octanol–water partition coefficient (Wildman–Crippen LogP) is 0.932. The number of anilines is 1. The lowest BCUT2D eigenvalue weighted by molar-refractivity contribution is 0.249. The molecule has 0 spiro atoms. The number of nitrogens with one attached hydrogen (secondary N) is 2. The van der Waals surface area contributed by atoms with Gasteiger partial charge in [0.25, 0.3) is 5.95 Å². The van der Waals surface area contributed by atoms with Crippen LogP contribution >= 0.6 is 12.4 Å². The Balaban J connectivity index is 0.00000162. The molecule has 18 heavy (non-hydrogen) atoms. The van der Waals surface area contributed by atoms with Gasteiger partial charge in [0.15, 0.2) is 0 Å². The van der Waals surface area contributed by atoms with Crippen LogP contribution in [0.5, 0.6) is 0 Å². The fourth-order valence-electron chi connectivity index (χ4n) is 1.80. The summed E-state index contributed by atoms with van der Waals surface area (Å²) in [6, 6.07) is 0. The van der Waals surface area contributed by atoms with Crippen molar-refractivity contribution in [3.8, 4) is 0 Å². The molecule has 0 bridgehead atoms. The number of hydrogen-bond donors (Lipinski definition) is 2. The third-order valence-corrected chi connectivity index (χ3v) is 2.86. The smallest absolute Gasteiger partial charge is 0.263 e. The van der Waals surface area contributed by atoms with Crippen LogP contribution in [0.3, 0.4) is 0 Å². The largest absolute Gasteiger partial charge is 0.350 e. The Hall–Kier alpha value is -0.850. The second kappa shape index (κ2) is 7.56. The zero-order valence-electron chi connectivity index (χ0n) is 11.0. The molecular formula is C11H22ClN5O. The van der Waals surface area contributed by atoms with Crippen LogP contribution in [0.1, 0.15) is 25.7 Å². The van der Waals surface area contributed by atoms with Crippen LogP contribution in [-0.2, 0) is 0 Å². The second-order valence-corrected chi connectivity index (χ2v) is 4.63. The number of halogens is 1. The summed E-state index contributed by atoms with van der Waals surface area (Å²) in [5.41, 5.74) is 0. The molecule has 2 N–H and O–H groups in total. The van der Waals surface area contributed by atoms with E-state index in [1.54, 1.807) is 0 Å². The third kappa shape index (κ3) is 4.44. The lowest BCUT2D eigenvalue weighted by Crippen LogP contribution is -2.45. The van der Waals surface area contributed by atoms with Crippen LogP contribution in [-0.4, -0.2) is 54.3 Å². The quantitative estimate of drug-likeness (QED) is 0.834. The van der Waals surface area contributed by atoms with Crippen molar-refractivity contribution < 1.29 is 4.52 Å². The van der Waals surface area contributed by atoms with E-state index in [0.29, 0.717) is 11.8 Å². The molecule has 7 heteroatoms. The zero-order valence-corrected chi connectivity index (χ0v) is 11.8. The highest BCUT2D eigenvalue weighted by atomic mass is 35.5. The van der Waals surface area contributed by atoms with Crippen molar-refractivity contribution in [2.24, 2.45) is 0 Å². The number of piperazine rings is 1. The van der Waals surface area contributed by atoms with Crippen LogP contribution in [0.4, 0.5) is 5.95 Å². The zero-order chi connectivity index (χ0) is 12.1. The first-order valence-corrected chi connectivity index (χ1v) is 6.26. The number of nitrogens with zero attached hydrogens (tertiary/aromatic N) is 3. The van der Waals surface area contributed by atoms with Gasteiger partial charge in [0, 0.05) is 45.2 Å². The second-order valence-electron chi connectivity index (χ2n) is 4.63. The van der Waals surface area contributed by atoms with Gasteiger partial charge in [0.05, 0.1) is 0 Å². The fraction of sp³-hybridized carbons (Fsp3) is 0.818. The molecular weight excluding hydrogens is 254 g/mol. The molecule has 0 amide bonds. The average Bonchev–Trinajstić information content (AvgIpc) is 2.79. The summed E-state index contributed by atoms with van der Waals surface area (Å²) >= 11 is 0. The molecule has 0 atom stereocenters. The summed E-state index contributed by atoms with van der Waals surface area (Å²) in [6.45, 7) is 10.4. The minimum Gasteiger partial charge on any atom is -0.350 e. The van der Waals surface area contributed by atoms with Crippen molar-refractivity contribution in [1.29, 1.82) is 0 Å². The molecule has 1 aromatic heterocycles. The van der Waals surface area contributed by atoms with E-state index in [1.807, 2.05) is 13.8 Å². The van der Waals surface area contributed by atoms with Crippen LogP contribution in [0.25, 0.3) is 0 Å². The van der Waals surface area contributed by atoms with E-state index in [9.17, 15) is 0 Å². The van der Waals surface area contributed by atoms with Gasteiger partial charge in [-0.2, -0.15) is 4.98 Å². The highest BCUT2D eigenvalue weighted by molar-refractivity contribution is 5.85. The highest BCUT2D eigenvalue weighted by Crippen LogP contribution is 2.12. The molecule has 1 aliphatic heterocycles.